The molecular weight excluding hydrogens is 272 g/mol. The minimum absolute atomic E-state index is 0.749. The van der Waals surface area contributed by atoms with Crippen molar-refractivity contribution in [3.05, 3.63) is 44.9 Å². The Morgan fingerprint density at radius 2 is 1.88 bits per heavy atom. The zero-order valence-corrected chi connectivity index (χ0v) is 13.2. The fourth-order valence-corrected chi connectivity index (χ4v) is 2.53. The minimum Gasteiger partial charge on any atom is -0.0812 e. The first-order chi connectivity index (χ1) is 7.90. The van der Waals surface area contributed by atoms with Crippen LogP contribution in [0.3, 0.4) is 0 Å². The van der Waals surface area contributed by atoms with Crippen LogP contribution in [0.5, 0.6) is 0 Å². The normalized spacial score (nSPS) is 12.3. The first-order valence-corrected chi connectivity index (χ1v) is 7.10. The lowest BCUT2D eigenvalue weighted by Gasteiger charge is -2.09. The number of hydrogen-bond acceptors (Lipinski definition) is 0. The largest absolute Gasteiger partial charge is 0.0812 e. The number of aryl methyl sites for hydroxylation is 2. The molecule has 0 heterocycles. The van der Waals surface area contributed by atoms with E-state index in [2.05, 4.69) is 68.8 Å². The van der Waals surface area contributed by atoms with Gasteiger partial charge in [0.1, 0.15) is 0 Å². The molecule has 0 radical (unpaired) electrons. The molecule has 1 aromatic rings. The fraction of sp³-hybridized carbons (Fsp3) is 0.500. The molecule has 0 N–H and O–H groups in total. The van der Waals surface area contributed by atoms with Crippen LogP contribution in [0.2, 0.25) is 0 Å². The average molecular weight is 295 g/mol. The highest BCUT2D eigenvalue weighted by Crippen LogP contribution is 2.22. The lowest BCUT2D eigenvalue weighted by atomic mass is 9.99. The summed E-state index contributed by atoms with van der Waals surface area (Å²) in [5.41, 5.74) is 5.63. The molecule has 0 aromatic heterocycles. The van der Waals surface area contributed by atoms with Gasteiger partial charge in [0.15, 0.2) is 0 Å². The lowest BCUT2D eigenvalue weighted by molar-refractivity contribution is 0.641. The molecule has 0 aliphatic rings. The zero-order valence-electron chi connectivity index (χ0n) is 11.6. The summed E-state index contributed by atoms with van der Waals surface area (Å²) in [6, 6.07) is 4.51. The first-order valence-electron chi connectivity index (χ1n) is 6.31. The van der Waals surface area contributed by atoms with Crippen molar-refractivity contribution in [3.8, 4) is 0 Å². The third-order valence-corrected chi connectivity index (χ3v) is 3.87. The van der Waals surface area contributed by atoms with Crippen molar-refractivity contribution in [1.82, 2.24) is 0 Å². The summed E-state index contributed by atoms with van der Waals surface area (Å²) >= 11 is 3.58. The molecule has 0 atom stereocenters. The molecule has 0 fully saturated rings. The summed E-state index contributed by atoms with van der Waals surface area (Å²) in [4.78, 5) is 0. The Morgan fingerprint density at radius 3 is 2.47 bits per heavy atom. The highest BCUT2D eigenvalue weighted by atomic mass is 79.9. The SMILES string of the molecule is C/C(=C/Cc1cc(C)c(Br)cc1C)CC(C)C. The second kappa shape index (κ2) is 6.39. The van der Waals surface area contributed by atoms with Gasteiger partial charge in [0.2, 0.25) is 0 Å². The van der Waals surface area contributed by atoms with Gasteiger partial charge >= 0.3 is 0 Å². The Bertz CT molecular complexity index is 414. The summed E-state index contributed by atoms with van der Waals surface area (Å²) < 4.78 is 1.21. The fourth-order valence-electron chi connectivity index (χ4n) is 2.07. The summed E-state index contributed by atoms with van der Waals surface area (Å²) in [7, 11) is 0. The molecule has 1 heteroatoms. The van der Waals surface area contributed by atoms with Crippen molar-refractivity contribution in [1.29, 1.82) is 0 Å². The minimum atomic E-state index is 0.749. The van der Waals surface area contributed by atoms with Gasteiger partial charge in [-0.25, -0.2) is 0 Å². The monoisotopic (exact) mass is 294 g/mol. The van der Waals surface area contributed by atoms with Crippen LogP contribution in [0.1, 0.15) is 43.9 Å². The number of hydrogen-bond donors (Lipinski definition) is 0. The van der Waals surface area contributed by atoms with Gasteiger partial charge in [-0.1, -0.05) is 47.5 Å². The summed E-state index contributed by atoms with van der Waals surface area (Å²) in [6.45, 7) is 11.1. The topological polar surface area (TPSA) is 0 Å². The number of rotatable bonds is 4. The lowest BCUT2D eigenvalue weighted by Crippen LogP contribution is -1.93. The first kappa shape index (κ1) is 14.5. The van der Waals surface area contributed by atoms with E-state index in [1.54, 1.807) is 0 Å². The molecule has 94 valence electrons. The van der Waals surface area contributed by atoms with Crippen molar-refractivity contribution >= 4 is 15.9 Å². The van der Waals surface area contributed by atoms with Crippen molar-refractivity contribution in [2.24, 2.45) is 5.92 Å². The van der Waals surface area contributed by atoms with E-state index in [4.69, 9.17) is 0 Å². The van der Waals surface area contributed by atoms with Gasteiger partial charge < -0.3 is 0 Å². The summed E-state index contributed by atoms with van der Waals surface area (Å²) in [6.07, 6.45) is 4.63. The molecule has 0 aliphatic heterocycles. The second-order valence-electron chi connectivity index (χ2n) is 5.38. The third kappa shape index (κ3) is 4.67. The maximum absolute atomic E-state index is 3.58. The molecule has 0 spiro atoms. The Balaban J connectivity index is 2.79. The van der Waals surface area contributed by atoms with Gasteiger partial charge in [0, 0.05) is 4.47 Å². The van der Waals surface area contributed by atoms with Crippen LogP contribution >= 0.6 is 15.9 Å². The average Bonchev–Trinajstić information content (AvgIpc) is 2.20. The maximum Gasteiger partial charge on any atom is 0.0207 e. The maximum atomic E-state index is 3.58. The predicted octanol–water partition coefficient (Wildman–Crippen LogP) is 5.60. The predicted molar refractivity (Wildman–Crippen MR) is 80.5 cm³/mol. The Labute approximate surface area is 114 Å². The molecule has 1 aromatic carbocycles. The molecule has 0 aliphatic carbocycles. The third-order valence-electron chi connectivity index (χ3n) is 3.02. The van der Waals surface area contributed by atoms with E-state index in [-0.39, 0.29) is 0 Å². The van der Waals surface area contributed by atoms with E-state index in [0.717, 1.165) is 12.3 Å². The highest BCUT2D eigenvalue weighted by molar-refractivity contribution is 9.10. The standard InChI is InChI=1S/C16H23Br/c1-11(2)8-12(3)6-7-15-9-14(5)16(17)10-13(15)4/h6,9-11H,7-8H2,1-5H3/b12-6-. The van der Waals surface area contributed by atoms with Crippen molar-refractivity contribution in [2.45, 2.75) is 47.5 Å². The van der Waals surface area contributed by atoms with E-state index < -0.39 is 0 Å². The van der Waals surface area contributed by atoms with Crippen LogP contribution < -0.4 is 0 Å². The molecule has 17 heavy (non-hydrogen) atoms. The van der Waals surface area contributed by atoms with Crippen molar-refractivity contribution < 1.29 is 0 Å². The Kier molecular flexibility index (Phi) is 5.45. The summed E-state index contributed by atoms with van der Waals surface area (Å²) in [5, 5.41) is 0. The molecule has 0 amide bonds. The molecule has 1 rings (SSSR count). The van der Waals surface area contributed by atoms with Crippen molar-refractivity contribution in [3.63, 3.8) is 0 Å². The molecule has 0 saturated heterocycles. The quantitative estimate of drug-likeness (QED) is 0.634. The van der Waals surface area contributed by atoms with Gasteiger partial charge in [-0.15, -0.1) is 0 Å². The van der Waals surface area contributed by atoms with Gasteiger partial charge in [-0.2, -0.15) is 0 Å². The molecular formula is C16H23Br. The highest BCUT2D eigenvalue weighted by Gasteiger charge is 2.02. The van der Waals surface area contributed by atoms with Crippen LogP contribution in [-0.4, -0.2) is 0 Å². The van der Waals surface area contributed by atoms with Gasteiger partial charge in [0.05, 0.1) is 0 Å². The number of benzene rings is 1. The summed E-state index contributed by atoms with van der Waals surface area (Å²) in [5.74, 6) is 0.749. The van der Waals surface area contributed by atoms with Gasteiger partial charge in [0.25, 0.3) is 0 Å². The van der Waals surface area contributed by atoms with E-state index in [0.29, 0.717) is 0 Å². The van der Waals surface area contributed by atoms with E-state index in [1.807, 2.05) is 0 Å². The zero-order chi connectivity index (χ0) is 13.0. The van der Waals surface area contributed by atoms with E-state index in [1.165, 1.54) is 33.2 Å². The van der Waals surface area contributed by atoms with Crippen LogP contribution in [-0.2, 0) is 6.42 Å². The van der Waals surface area contributed by atoms with Crippen molar-refractivity contribution in [2.75, 3.05) is 0 Å². The molecule has 0 saturated carbocycles. The van der Waals surface area contributed by atoms with E-state index >= 15 is 0 Å². The number of halogens is 1. The van der Waals surface area contributed by atoms with Crippen LogP contribution in [0.25, 0.3) is 0 Å². The molecule has 0 unspecified atom stereocenters. The second-order valence-corrected chi connectivity index (χ2v) is 6.23. The van der Waals surface area contributed by atoms with E-state index in [9.17, 15) is 0 Å². The van der Waals surface area contributed by atoms with Crippen LogP contribution in [0.4, 0.5) is 0 Å². The molecule has 0 nitrogen and oxygen atoms in total. The van der Waals surface area contributed by atoms with Crippen LogP contribution in [0, 0.1) is 19.8 Å². The molecule has 0 bridgehead atoms. The van der Waals surface area contributed by atoms with Gasteiger partial charge in [-0.05, 0) is 62.3 Å². The smallest absolute Gasteiger partial charge is 0.0207 e. The van der Waals surface area contributed by atoms with Gasteiger partial charge in [-0.3, -0.25) is 0 Å². The van der Waals surface area contributed by atoms with Crippen LogP contribution in [0.15, 0.2) is 28.3 Å². The number of allylic oxidation sites excluding steroid dienone is 2. The Morgan fingerprint density at radius 1 is 1.24 bits per heavy atom. The Hall–Kier alpha value is -0.560.